The van der Waals surface area contributed by atoms with E-state index in [-0.39, 0.29) is 5.60 Å². The van der Waals surface area contributed by atoms with Gasteiger partial charge in [-0.25, -0.2) is 23.9 Å². The van der Waals surface area contributed by atoms with Gasteiger partial charge in [-0.3, -0.25) is 9.88 Å². The molecular weight excluding hydrogens is 547 g/mol. The third-order valence-corrected chi connectivity index (χ3v) is 5.49. The lowest BCUT2D eigenvalue weighted by atomic mass is 9.89. The van der Waals surface area contributed by atoms with E-state index in [1.165, 1.54) is 12.4 Å². The molecule has 2 aliphatic rings. The molecule has 0 radical (unpaired) electrons. The Morgan fingerprint density at radius 2 is 1.46 bits per heavy atom. The number of halogens is 7. The van der Waals surface area contributed by atoms with Crippen LogP contribution in [0.25, 0.3) is 0 Å². The second kappa shape index (κ2) is 13.5. The van der Waals surface area contributed by atoms with Crippen LogP contribution in [0.4, 0.5) is 36.7 Å². The first kappa shape index (κ1) is 31.6. The van der Waals surface area contributed by atoms with Crippen molar-refractivity contribution in [3.8, 4) is 0 Å². The van der Waals surface area contributed by atoms with E-state index in [4.69, 9.17) is 24.5 Å². The van der Waals surface area contributed by atoms with Crippen LogP contribution in [0.2, 0.25) is 0 Å². The van der Waals surface area contributed by atoms with E-state index in [1.807, 2.05) is 18.3 Å². The summed E-state index contributed by atoms with van der Waals surface area (Å²) in [5.41, 5.74) is 0.987. The molecule has 216 valence electrons. The van der Waals surface area contributed by atoms with Gasteiger partial charge in [0.25, 0.3) is 0 Å². The number of morpholine rings is 1. The van der Waals surface area contributed by atoms with Crippen LogP contribution in [0.15, 0.2) is 36.8 Å². The first-order valence-corrected chi connectivity index (χ1v) is 11.2. The van der Waals surface area contributed by atoms with Gasteiger partial charge in [-0.2, -0.15) is 26.3 Å². The van der Waals surface area contributed by atoms with Gasteiger partial charge in [-0.05, 0) is 25.0 Å². The monoisotopic (exact) mass is 571 g/mol. The number of rotatable bonds is 3. The maximum absolute atomic E-state index is 13.0. The van der Waals surface area contributed by atoms with Crippen molar-refractivity contribution in [1.29, 1.82) is 0 Å². The number of hydrogen-bond donors (Lipinski definition) is 2. The molecule has 0 atom stereocenters. The molecule has 4 heterocycles. The van der Waals surface area contributed by atoms with Crippen LogP contribution >= 0.6 is 0 Å². The smallest absolute Gasteiger partial charge is 0.475 e. The number of alkyl halides is 6. The van der Waals surface area contributed by atoms with Gasteiger partial charge in [0.2, 0.25) is 5.95 Å². The van der Waals surface area contributed by atoms with Crippen molar-refractivity contribution in [3.63, 3.8) is 0 Å². The Balaban J connectivity index is 0.000000317. The van der Waals surface area contributed by atoms with E-state index in [1.54, 1.807) is 0 Å². The van der Waals surface area contributed by atoms with Crippen LogP contribution in [-0.2, 0) is 20.9 Å². The van der Waals surface area contributed by atoms with Crippen LogP contribution in [0.1, 0.15) is 18.5 Å². The van der Waals surface area contributed by atoms with Crippen LogP contribution in [0.3, 0.4) is 0 Å². The average Bonchev–Trinajstić information content (AvgIpc) is 2.85. The number of carboxylic acid groups (broad SMARTS) is 2. The zero-order chi connectivity index (χ0) is 29.3. The van der Waals surface area contributed by atoms with Gasteiger partial charge in [0.1, 0.15) is 0 Å². The Labute approximate surface area is 217 Å². The first-order chi connectivity index (χ1) is 18.1. The molecule has 0 aliphatic carbocycles. The Kier molecular flexibility index (Phi) is 10.9. The normalized spacial score (nSPS) is 17.4. The number of ether oxygens (including phenoxy) is 1. The molecule has 0 unspecified atom stereocenters. The van der Waals surface area contributed by atoms with Gasteiger partial charge in [-0.1, -0.05) is 6.07 Å². The topological polar surface area (TPSA) is 129 Å². The van der Waals surface area contributed by atoms with Crippen molar-refractivity contribution < 1.29 is 55.3 Å². The molecule has 0 amide bonds. The van der Waals surface area contributed by atoms with Crippen molar-refractivity contribution in [2.45, 2.75) is 37.3 Å². The summed E-state index contributed by atoms with van der Waals surface area (Å²) in [7, 11) is 0. The molecule has 2 fully saturated rings. The van der Waals surface area contributed by atoms with E-state index in [2.05, 4.69) is 30.8 Å². The first-order valence-electron chi connectivity index (χ1n) is 11.2. The standard InChI is InChI=1S/C18H22FN5O.2C2HF3O2/c19-15-11-21-17(22-12-15)24-7-4-18(5-8-24)14-23(9-10-25-18)13-16-3-1-2-6-20-16;2*3-2(4,5)1(6)7/h1-3,6,11-12H,4-5,7-10,13-14H2;2*(H,6,7). The second-order valence-corrected chi connectivity index (χ2v) is 8.36. The van der Waals surface area contributed by atoms with E-state index < -0.39 is 30.1 Å². The minimum Gasteiger partial charge on any atom is -0.475 e. The zero-order valence-corrected chi connectivity index (χ0v) is 20.1. The highest BCUT2D eigenvalue weighted by atomic mass is 19.4. The number of hydrogen-bond acceptors (Lipinski definition) is 8. The molecule has 2 saturated heterocycles. The molecule has 1 spiro atoms. The lowest BCUT2D eigenvalue weighted by Crippen LogP contribution is -2.56. The number of pyridine rings is 1. The fraction of sp³-hybridized carbons (Fsp3) is 0.500. The lowest BCUT2D eigenvalue weighted by molar-refractivity contribution is -0.193. The van der Waals surface area contributed by atoms with E-state index in [0.717, 1.165) is 57.9 Å². The Bertz CT molecular complexity index is 1040. The third kappa shape index (κ3) is 10.6. The number of anilines is 1. The van der Waals surface area contributed by atoms with E-state index >= 15 is 0 Å². The van der Waals surface area contributed by atoms with Crippen molar-refractivity contribution in [1.82, 2.24) is 19.9 Å². The van der Waals surface area contributed by atoms with Crippen molar-refractivity contribution in [3.05, 3.63) is 48.3 Å². The van der Waals surface area contributed by atoms with Crippen molar-refractivity contribution in [2.24, 2.45) is 0 Å². The summed E-state index contributed by atoms with van der Waals surface area (Å²) in [6, 6.07) is 6.04. The van der Waals surface area contributed by atoms with Gasteiger partial charge in [-0.15, -0.1) is 0 Å². The predicted molar refractivity (Wildman–Crippen MR) is 119 cm³/mol. The van der Waals surface area contributed by atoms with Crippen LogP contribution in [0, 0.1) is 5.82 Å². The summed E-state index contributed by atoms with van der Waals surface area (Å²) < 4.78 is 82.6. The largest absolute Gasteiger partial charge is 0.490 e. The fourth-order valence-electron chi connectivity index (χ4n) is 3.66. The van der Waals surface area contributed by atoms with Gasteiger partial charge in [0.05, 0.1) is 30.3 Å². The van der Waals surface area contributed by atoms with Crippen molar-refractivity contribution in [2.75, 3.05) is 37.7 Å². The Morgan fingerprint density at radius 1 is 0.923 bits per heavy atom. The minimum absolute atomic E-state index is 0.108. The van der Waals surface area contributed by atoms with Gasteiger partial charge >= 0.3 is 24.3 Å². The van der Waals surface area contributed by atoms with Crippen LogP contribution < -0.4 is 4.90 Å². The molecule has 2 aromatic rings. The highest BCUT2D eigenvalue weighted by Gasteiger charge is 2.40. The number of nitrogens with zero attached hydrogens (tertiary/aromatic N) is 5. The molecule has 2 N–H and O–H groups in total. The lowest BCUT2D eigenvalue weighted by Gasteiger charge is -2.47. The summed E-state index contributed by atoms with van der Waals surface area (Å²) in [5.74, 6) is -5.32. The molecule has 10 nitrogen and oxygen atoms in total. The molecule has 0 aromatic carbocycles. The average molecular weight is 571 g/mol. The maximum Gasteiger partial charge on any atom is 0.490 e. The highest BCUT2D eigenvalue weighted by Crippen LogP contribution is 2.31. The molecule has 2 aliphatic heterocycles. The van der Waals surface area contributed by atoms with Crippen LogP contribution in [0.5, 0.6) is 0 Å². The number of carboxylic acids is 2. The number of aromatic nitrogens is 3. The minimum atomic E-state index is -5.08. The Morgan fingerprint density at radius 3 is 1.92 bits per heavy atom. The SMILES string of the molecule is Fc1cnc(N2CCC3(CC2)CN(Cc2ccccn2)CCO3)nc1.O=C(O)C(F)(F)F.O=C(O)C(F)(F)F. The summed E-state index contributed by atoms with van der Waals surface area (Å²) in [6.45, 7) is 5.10. The van der Waals surface area contributed by atoms with Gasteiger partial charge in [0, 0.05) is 38.9 Å². The zero-order valence-electron chi connectivity index (χ0n) is 20.1. The molecule has 39 heavy (non-hydrogen) atoms. The van der Waals surface area contributed by atoms with E-state index in [9.17, 15) is 30.7 Å². The van der Waals surface area contributed by atoms with Crippen LogP contribution in [-0.4, -0.2) is 92.7 Å². The summed E-state index contributed by atoms with van der Waals surface area (Å²) in [4.78, 5) is 34.9. The molecule has 17 heteroatoms. The fourth-order valence-corrected chi connectivity index (χ4v) is 3.66. The quantitative estimate of drug-likeness (QED) is 0.531. The summed E-state index contributed by atoms with van der Waals surface area (Å²) in [5, 5.41) is 14.2. The molecule has 0 bridgehead atoms. The third-order valence-electron chi connectivity index (χ3n) is 5.49. The van der Waals surface area contributed by atoms with Crippen molar-refractivity contribution >= 4 is 17.9 Å². The molecule has 2 aromatic heterocycles. The maximum atomic E-state index is 13.0. The van der Waals surface area contributed by atoms with Gasteiger partial charge < -0.3 is 19.8 Å². The summed E-state index contributed by atoms with van der Waals surface area (Å²) in [6.07, 6.45) is -4.04. The molecule has 4 rings (SSSR count). The highest BCUT2D eigenvalue weighted by molar-refractivity contribution is 5.73. The molecular formula is C22H24F7N5O5. The summed E-state index contributed by atoms with van der Waals surface area (Å²) >= 11 is 0. The predicted octanol–water partition coefficient (Wildman–Crippen LogP) is 3.15. The number of aliphatic carboxylic acids is 2. The number of carbonyl (C=O) groups is 2. The second-order valence-electron chi connectivity index (χ2n) is 8.36. The van der Waals surface area contributed by atoms with E-state index in [0.29, 0.717) is 5.95 Å². The Hall–Kier alpha value is -3.60. The van der Waals surface area contributed by atoms with Gasteiger partial charge in [0.15, 0.2) is 5.82 Å². The molecule has 0 saturated carbocycles. The number of piperidine rings is 1.